The van der Waals surface area contributed by atoms with Crippen LogP contribution in [0, 0.1) is 0 Å². The Bertz CT molecular complexity index is 1400. The second kappa shape index (κ2) is 12.8. The number of halogens is 3. The van der Waals surface area contributed by atoms with Crippen LogP contribution in [0.4, 0.5) is 5.69 Å². The van der Waals surface area contributed by atoms with Gasteiger partial charge < -0.3 is 10.2 Å². The summed E-state index contributed by atoms with van der Waals surface area (Å²) in [6.45, 7) is 4.62. The van der Waals surface area contributed by atoms with E-state index in [9.17, 15) is 18.0 Å². The molecule has 11 heteroatoms. The Hall–Kier alpha value is -2.78. The predicted octanol–water partition coefficient (Wildman–Crippen LogP) is 5.78. The number of carbonyl (C=O) groups excluding carboxylic acids is 2. The van der Waals surface area contributed by atoms with Gasteiger partial charge in [0, 0.05) is 22.6 Å². The number of rotatable bonds is 10. The fourth-order valence-electron chi connectivity index (χ4n) is 3.74. The average molecular weight is 597 g/mol. The first-order valence-electron chi connectivity index (χ1n) is 11.8. The zero-order chi connectivity index (χ0) is 28.0. The Morgan fingerprint density at radius 2 is 1.53 bits per heavy atom. The molecule has 0 aliphatic heterocycles. The van der Waals surface area contributed by atoms with Gasteiger partial charge in [0.05, 0.1) is 15.6 Å². The number of sulfonamides is 1. The minimum absolute atomic E-state index is 0.0224. The second-order valence-corrected chi connectivity index (χ2v) is 12.1. The number of hydrogen-bond acceptors (Lipinski definition) is 4. The van der Waals surface area contributed by atoms with Gasteiger partial charge in [-0.25, -0.2) is 8.42 Å². The molecule has 0 aromatic heterocycles. The summed E-state index contributed by atoms with van der Waals surface area (Å²) in [5, 5.41) is 3.63. The van der Waals surface area contributed by atoms with E-state index in [1.54, 1.807) is 49.4 Å². The molecule has 0 unspecified atom stereocenters. The molecule has 0 aliphatic rings. The Labute approximate surface area is 238 Å². The number of carbonyl (C=O) groups is 2. The van der Waals surface area contributed by atoms with Crippen molar-refractivity contribution < 1.29 is 18.0 Å². The Balaban J connectivity index is 2.06. The molecule has 0 saturated carbocycles. The lowest BCUT2D eigenvalue weighted by molar-refractivity contribution is -0.139. The van der Waals surface area contributed by atoms with Gasteiger partial charge in [-0.05, 0) is 68.8 Å². The van der Waals surface area contributed by atoms with Crippen molar-refractivity contribution >= 4 is 62.3 Å². The van der Waals surface area contributed by atoms with Gasteiger partial charge in [-0.15, -0.1) is 0 Å². The second-order valence-electron chi connectivity index (χ2n) is 8.91. The minimum Gasteiger partial charge on any atom is -0.352 e. The lowest BCUT2D eigenvalue weighted by atomic mass is 10.1. The highest BCUT2D eigenvalue weighted by molar-refractivity contribution is 7.92. The van der Waals surface area contributed by atoms with Gasteiger partial charge in [0.2, 0.25) is 11.8 Å². The first kappa shape index (κ1) is 29.8. The molecule has 1 atom stereocenters. The van der Waals surface area contributed by atoms with Gasteiger partial charge in [0.25, 0.3) is 10.0 Å². The standard InChI is InChI=1S/C27H28Cl3N3O4S/c1-18(2)31-27(35)19(3)32(16-20-8-7-9-21(28)14-20)26(34)17-33(25-13-12-22(29)15-24(25)30)38(36,37)23-10-5-4-6-11-23/h4-15,18-19H,16-17H2,1-3H3,(H,31,35)/t19-/m1/s1. The molecule has 2 amide bonds. The van der Waals surface area contributed by atoms with E-state index in [1.165, 1.54) is 35.2 Å². The molecule has 3 aromatic rings. The first-order chi connectivity index (χ1) is 17.9. The van der Waals surface area contributed by atoms with Crippen molar-refractivity contribution in [3.63, 3.8) is 0 Å². The summed E-state index contributed by atoms with van der Waals surface area (Å²) in [6, 6.07) is 17.9. The van der Waals surface area contributed by atoms with Crippen LogP contribution in [-0.4, -0.2) is 43.8 Å². The van der Waals surface area contributed by atoms with E-state index in [1.807, 2.05) is 13.8 Å². The summed E-state index contributed by atoms with van der Waals surface area (Å²) in [5.41, 5.74) is 0.757. The number of amides is 2. The highest BCUT2D eigenvalue weighted by Crippen LogP contribution is 2.33. The lowest BCUT2D eigenvalue weighted by Gasteiger charge is -2.32. The van der Waals surface area contributed by atoms with E-state index in [-0.39, 0.29) is 34.1 Å². The molecule has 0 spiro atoms. The molecule has 0 bridgehead atoms. The van der Waals surface area contributed by atoms with Crippen molar-refractivity contribution in [2.75, 3.05) is 10.8 Å². The van der Waals surface area contributed by atoms with Crippen molar-refractivity contribution in [2.45, 2.75) is 44.3 Å². The SMILES string of the molecule is CC(C)NC(=O)[C@@H](C)N(Cc1cccc(Cl)c1)C(=O)CN(c1ccc(Cl)cc1Cl)S(=O)(=O)c1ccccc1. The number of benzene rings is 3. The third kappa shape index (κ3) is 7.41. The van der Waals surface area contributed by atoms with E-state index >= 15 is 0 Å². The quantitative estimate of drug-likeness (QED) is 0.321. The monoisotopic (exact) mass is 595 g/mol. The van der Waals surface area contributed by atoms with Gasteiger partial charge in [-0.1, -0.05) is 65.1 Å². The van der Waals surface area contributed by atoms with Gasteiger partial charge in [0.15, 0.2) is 0 Å². The van der Waals surface area contributed by atoms with Gasteiger partial charge in [-0.2, -0.15) is 0 Å². The van der Waals surface area contributed by atoms with Gasteiger partial charge in [0.1, 0.15) is 12.6 Å². The van der Waals surface area contributed by atoms with Crippen LogP contribution in [0.1, 0.15) is 26.3 Å². The van der Waals surface area contributed by atoms with Crippen LogP contribution in [0.25, 0.3) is 0 Å². The van der Waals surface area contributed by atoms with Crippen LogP contribution in [-0.2, 0) is 26.2 Å². The van der Waals surface area contributed by atoms with Crippen molar-refractivity contribution in [1.82, 2.24) is 10.2 Å². The molecule has 3 aromatic carbocycles. The van der Waals surface area contributed by atoms with Crippen LogP contribution >= 0.6 is 34.8 Å². The third-order valence-corrected chi connectivity index (χ3v) is 8.18. The Morgan fingerprint density at radius 3 is 2.13 bits per heavy atom. The molecule has 38 heavy (non-hydrogen) atoms. The van der Waals surface area contributed by atoms with E-state index in [4.69, 9.17) is 34.8 Å². The van der Waals surface area contributed by atoms with Crippen LogP contribution < -0.4 is 9.62 Å². The molecule has 1 N–H and O–H groups in total. The normalized spacial score (nSPS) is 12.2. The smallest absolute Gasteiger partial charge is 0.264 e. The first-order valence-corrected chi connectivity index (χ1v) is 14.3. The molecule has 202 valence electrons. The average Bonchev–Trinajstić information content (AvgIpc) is 2.86. The zero-order valence-corrected chi connectivity index (χ0v) is 24.2. The van der Waals surface area contributed by atoms with Crippen molar-refractivity contribution in [3.05, 3.63) is 93.4 Å². The van der Waals surface area contributed by atoms with Crippen LogP contribution in [0.3, 0.4) is 0 Å². The van der Waals surface area contributed by atoms with E-state index < -0.39 is 28.5 Å². The summed E-state index contributed by atoms with van der Waals surface area (Å²) in [5.74, 6) is -0.987. The molecule has 7 nitrogen and oxygen atoms in total. The maximum Gasteiger partial charge on any atom is 0.264 e. The molecule has 0 fully saturated rings. The maximum atomic E-state index is 13.8. The van der Waals surface area contributed by atoms with E-state index in [0.717, 1.165) is 4.31 Å². The van der Waals surface area contributed by atoms with Crippen LogP contribution in [0.5, 0.6) is 0 Å². The summed E-state index contributed by atoms with van der Waals surface area (Å²) in [6.07, 6.45) is 0. The lowest BCUT2D eigenvalue weighted by Crippen LogP contribution is -2.52. The highest BCUT2D eigenvalue weighted by atomic mass is 35.5. The molecule has 0 heterocycles. The molecule has 0 aliphatic carbocycles. The maximum absolute atomic E-state index is 13.8. The predicted molar refractivity (Wildman–Crippen MR) is 152 cm³/mol. The number of anilines is 1. The molecule has 3 rings (SSSR count). The van der Waals surface area contributed by atoms with Crippen LogP contribution in [0.15, 0.2) is 77.7 Å². The third-order valence-electron chi connectivity index (χ3n) is 5.63. The van der Waals surface area contributed by atoms with Crippen LogP contribution in [0.2, 0.25) is 15.1 Å². The van der Waals surface area contributed by atoms with Crippen molar-refractivity contribution in [3.8, 4) is 0 Å². The molecule has 0 saturated heterocycles. The topological polar surface area (TPSA) is 86.8 Å². The van der Waals surface area contributed by atoms with Gasteiger partial charge >= 0.3 is 0 Å². The fourth-order valence-corrected chi connectivity index (χ4v) is 5.96. The summed E-state index contributed by atoms with van der Waals surface area (Å²) in [7, 11) is -4.23. The Morgan fingerprint density at radius 1 is 0.868 bits per heavy atom. The van der Waals surface area contributed by atoms with E-state index in [0.29, 0.717) is 15.6 Å². The number of hydrogen-bond donors (Lipinski definition) is 1. The minimum atomic E-state index is -4.23. The molecule has 0 radical (unpaired) electrons. The summed E-state index contributed by atoms with van der Waals surface area (Å²) < 4.78 is 28.4. The summed E-state index contributed by atoms with van der Waals surface area (Å²) in [4.78, 5) is 28.1. The molecular weight excluding hydrogens is 569 g/mol. The highest BCUT2D eigenvalue weighted by Gasteiger charge is 2.33. The summed E-state index contributed by atoms with van der Waals surface area (Å²) >= 11 is 18.6. The molecular formula is C27H28Cl3N3O4S. The fraction of sp³-hybridized carbons (Fsp3) is 0.259. The van der Waals surface area contributed by atoms with E-state index in [2.05, 4.69) is 5.32 Å². The zero-order valence-electron chi connectivity index (χ0n) is 21.1. The van der Waals surface area contributed by atoms with Crippen molar-refractivity contribution in [2.24, 2.45) is 0 Å². The van der Waals surface area contributed by atoms with Crippen molar-refractivity contribution in [1.29, 1.82) is 0 Å². The Kier molecular flexibility index (Phi) is 10.1. The van der Waals surface area contributed by atoms with Gasteiger partial charge in [-0.3, -0.25) is 13.9 Å². The number of nitrogens with one attached hydrogen (secondary N) is 1. The largest absolute Gasteiger partial charge is 0.352 e. The number of nitrogens with zero attached hydrogens (tertiary/aromatic N) is 2.